The maximum atomic E-state index is 15.1. The van der Waals surface area contributed by atoms with Crippen molar-refractivity contribution in [2.45, 2.75) is 24.7 Å². The zero-order valence-corrected chi connectivity index (χ0v) is 17.5. The standard InChI is InChI=1S/C22H22F5N3O2/c1-12-7-8-13-16(29-12)5-4-6-17(13)30-20(21(31,11-28-2)22(25,26)27)14-9-10-15(23)19(32-3)18(14)24/h4-10,20,28,30-31H,11H2,1-3H3. The molecule has 0 amide bonds. The van der Waals surface area contributed by atoms with Crippen LogP contribution in [0.2, 0.25) is 0 Å². The van der Waals surface area contributed by atoms with Crippen LogP contribution in [0.5, 0.6) is 5.75 Å². The maximum absolute atomic E-state index is 15.1. The summed E-state index contributed by atoms with van der Waals surface area (Å²) in [6, 6.07) is 7.64. The second-order valence-corrected chi connectivity index (χ2v) is 7.34. The van der Waals surface area contributed by atoms with E-state index in [2.05, 4.69) is 15.6 Å². The third-order valence-electron chi connectivity index (χ3n) is 5.18. The molecule has 3 N–H and O–H groups in total. The molecule has 3 aromatic rings. The number of likely N-dealkylation sites (N-methyl/N-ethyl adjacent to an activating group) is 1. The molecule has 0 fully saturated rings. The van der Waals surface area contributed by atoms with Crippen LogP contribution in [-0.4, -0.2) is 42.6 Å². The number of fused-ring (bicyclic) bond motifs is 1. The number of anilines is 1. The Kier molecular flexibility index (Phi) is 6.56. The molecule has 2 unspecified atom stereocenters. The van der Waals surface area contributed by atoms with Crippen molar-refractivity contribution in [3.63, 3.8) is 0 Å². The van der Waals surface area contributed by atoms with Crippen LogP contribution in [0, 0.1) is 18.6 Å². The molecule has 32 heavy (non-hydrogen) atoms. The quantitative estimate of drug-likeness (QED) is 0.458. The summed E-state index contributed by atoms with van der Waals surface area (Å²) in [5.74, 6) is -3.28. The second kappa shape index (κ2) is 8.87. The van der Waals surface area contributed by atoms with E-state index >= 15 is 4.39 Å². The number of aliphatic hydroxyl groups is 1. The average molecular weight is 455 g/mol. The number of methoxy groups -OCH3 is 1. The largest absolute Gasteiger partial charge is 0.491 e. The number of hydrogen-bond donors (Lipinski definition) is 3. The number of aromatic nitrogens is 1. The number of pyridine rings is 1. The van der Waals surface area contributed by atoms with Crippen molar-refractivity contribution in [2.75, 3.05) is 26.0 Å². The Labute approximate surface area is 181 Å². The Morgan fingerprint density at radius 1 is 1.09 bits per heavy atom. The van der Waals surface area contributed by atoms with E-state index in [-0.39, 0.29) is 5.69 Å². The van der Waals surface area contributed by atoms with Crippen LogP contribution in [0.1, 0.15) is 17.3 Å². The van der Waals surface area contributed by atoms with Gasteiger partial charge in [0.25, 0.3) is 0 Å². The van der Waals surface area contributed by atoms with E-state index in [4.69, 9.17) is 4.74 Å². The van der Waals surface area contributed by atoms with Crippen molar-refractivity contribution < 1.29 is 31.8 Å². The average Bonchev–Trinajstić information content (AvgIpc) is 2.72. The molecular formula is C22H22F5N3O2. The SMILES string of the molecule is CNCC(O)(C(Nc1cccc2nc(C)ccc12)c1ccc(F)c(OC)c1F)C(F)(F)F. The molecule has 0 aliphatic heterocycles. The van der Waals surface area contributed by atoms with Gasteiger partial charge < -0.3 is 20.5 Å². The van der Waals surface area contributed by atoms with Crippen LogP contribution in [0.25, 0.3) is 10.9 Å². The van der Waals surface area contributed by atoms with Gasteiger partial charge in [-0.15, -0.1) is 0 Å². The van der Waals surface area contributed by atoms with Crippen molar-refractivity contribution in [1.29, 1.82) is 0 Å². The summed E-state index contributed by atoms with van der Waals surface area (Å²) >= 11 is 0. The molecule has 0 aliphatic rings. The summed E-state index contributed by atoms with van der Waals surface area (Å²) in [6.07, 6.45) is -5.18. The number of ether oxygens (including phenoxy) is 1. The summed E-state index contributed by atoms with van der Waals surface area (Å²) in [5.41, 5.74) is -2.71. The molecule has 0 radical (unpaired) electrons. The Balaban J connectivity index is 2.25. The number of aryl methyl sites for hydroxylation is 1. The first-order valence-corrected chi connectivity index (χ1v) is 9.62. The van der Waals surface area contributed by atoms with Gasteiger partial charge in [-0.1, -0.05) is 12.1 Å². The van der Waals surface area contributed by atoms with Gasteiger partial charge >= 0.3 is 6.18 Å². The van der Waals surface area contributed by atoms with E-state index < -0.39 is 47.3 Å². The van der Waals surface area contributed by atoms with Gasteiger partial charge in [0.2, 0.25) is 0 Å². The van der Waals surface area contributed by atoms with Crippen molar-refractivity contribution >= 4 is 16.6 Å². The fraction of sp³-hybridized carbons (Fsp3) is 0.318. The number of nitrogens with zero attached hydrogens (tertiary/aromatic N) is 1. The highest BCUT2D eigenvalue weighted by atomic mass is 19.4. The third-order valence-corrected chi connectivity index (χ3v) is 5.18. The Bertz CT molecular complexity index is 1120. The molecule has 172 valence electrons. The Morgan fingerprint density at radius 2 is 1.81 bits per heavy atom. The first-order valence-electron chi connectivity index (χ1n) is 9.62. The molecular weight excluding hydrogens is 433 g/mol. The van der Waals surface area contributed by atoms with Crippen LogP contribution in [0.15, 0.2) is 42.5 Å². The highest BCUT2D eigenvalue weighted by molar-refractivity contribution is 5.91. The fourth-order valence-corrected chi connectivity index (χ4v) is 3.59. The summed E-state index contributed by atoms with van der Waals surface area (Å²) in [5, 5.41) is 16.2. The van der Waals surface area contributed by atoms with Gasteiger partial charge in [-0.05, 0) is 44.3 Å². The smallest absolute Gasteiger partial charge is 0.420 e. The molecule has 2 aromatic carbocycles. The second-order valence-electron chi connectivity index (χ2n) is 7.34. The van der Waals surface area contributed by atoms with Crippen molar-refractivity contribution in [2.24, 2.45) is 0 Å². The van der Waals surface area contributed by atoms with E-state index in [1.54, 1.807) is 31.2 Å². The predicted octanol–water partition coefficient (Wildman–Crippen LogP) is 4.50. The van der Waals surface area contributed by atoms with Crippen molar-refractivity contribution in [3.8, 4) is 5.75 Å². The zero-order valence-electron chi connectivity index (χ0n) is 17.5. The molecule has 3 rings (SSSR count). The molecule has 10 heteroatoms. The topological polar surface area (TPSA) is 66.4 Å². The van der Waals surface area contributed by atoms with Gasteiger partial charge in [0.05, 0.1) is 18.7 Å². The van der Waals surface area contributed by atoms with Crippen molar-refractivity contribution in [3.05, 3.63) is 65.4 Å². The summed E-state index contributed by atoms with van der Waals surface area (Å²) in [6.45, 7) is 0.799. The molecule has 0 saturated carbocycles. The minimum atomic E-state index is -5.18. The highest BCUT2D eigenvalue weighted by Crippen LogP contribution is 2.44. The minimum Gasteiger partial charge on any atom is -0.491 e. The summed E-state index contributed by atoms with van der Waals surface area (Å²) in [7, 11) is 2.22. The molecule has 5 nitrogen and oxygen atoms in total. The number of halogens is 5. The molecule has 2 atom stereocenters. The first-order chi connectivity index (χ1) is 15.0. The first kappa shape index (κ1) is 23.7. The lowest BCUT2D eigenvalue weighted by atomic mass is 9.86. The molecule has 0 saturated heterocycles. The Morgan fingerprint density at radius 3 is 2.44 bits per heavy atom. The van der Waals surface area contributed by atoms with Crippen LogP contribution >= 0.6 is 0 Å². The lowest BCUT2D eigenvalue weighted by Gasteiger charge is -2.39. The number of benzene rings is 2. The number of alkyl halides is 3. The normalized spacial score (nSPS) is 14.8. The maximum Gasteiger partial charge on any atom is 0.420 e. The van der Waals surface area contributed by atoms with Gasteiger partial charge in [-0.3, -0.25) is 4.98 Å². The third kappa shape index (κ3) is 4.20. The van der Waals surface area contributed by atoms with Crippen molar-refractivity contribution in [1.82, 2.24) is 10.3 Å². The lowest BCUT2D eigenvalue weighted by Crippen LogP contribution is -2.58. The van der Waals surface area contributed by atoms with Gasteiger partial charge in [0, 0.05) is 28.9 Å². The van der Waals surface area contributed by atoms with Gasteiger partial charge in [0.1, 0.15) is 0 Å². The van der Waals surface area contributed by atoms with Crippen LogP contribution < -0.4 is 15.4 Å². The Hall–Kier alpha value is -2.98. The van der Waals surface area contributed by atoms with E-state index in [0.717, 1.165) is 19.2 Å². The van der Waals surface area contributed by atoms with E-state index in [1.807, 2.05) is 0 Å². The van der Waals surface area contributed by atoms with E-state index in [9.17, 15) is 22.7 Å². The monoisotopic (exact) mass is 455 g/mol. The zero-order chi connectivity index (χ0) is 23.7. The molecule has 0 spiro atoms. The molecule has 1 aromatic heterocycles. The fourth-order valence-electron chi connectivity index (χ4n) is 3.59. The molecule has 0 bridgehead atoms. The minimum absolute atomic E-state index is 0.182. The van der Waals surface area contributed by atoms with Gasteiger partial charge in [-0.25, -0.2) is 8.78 Å². The van der Waals surface area contributed by atoms with Crippen LogP contribution in [0.4, 0.5) is 27.6 Å². The summed E-state index contributed by atoms with van der Waals surface area (Å²) < 4.78 is 76.1. The molecule has 1 heterocycles. The van der Waals surface area contributed by atoms with Gasteiger partial charge in [-0.2, -0.15) is 13.2 Å². The molecule has 0 aliphatic carbocycles. The number of nitrogens with one attached hydrogen (secondary N) is 2. The van der Waals surface area contributed by atoms with Crippen LogP contribution in [0.3, 0.4) is 0 Å². The highest BCUT2D eigenvalue weighted by Gasteiger charge is 2.59. The lowest BCUT2D eigenvalue weighted by molar-refractivity contribution is -0.264. The predicted molar refractivity (Wildman–Crippen MR) is 111 cm³/mol. The summed E-state index contributed by atoms with van der Waals surface area (Å²) in [4.78, 5) is 4.34. The van der Waals surface area contributed by atoms with E-state index in [1.165, 1.54) is 13.1 Å². The van der Waals surface area contributed by atoms with Gasteiger partial charge in [0.15, 0.2) is 23.0 Å². The number of rotatable bonds is 7. The van der Waals surface area contributed by atoms with Crippen LogP contribution in [-0.2, 0) is 0 Å². The van der Waals surface area contributed by atoms with E-state index in [0.29, 0.717) is 16.6 Å². The number of hydrogen-bond acceptors (Lipinski definition) is 5.